The Labute approximate surface area is 144 Å². The van der Waals surface area contributed by atoms with Crippen molar-refractivity contribution in [1.29, 1.82) is 0 Å². The zero-order valence-electron chi connectivity index (χ0n) is 13.3. The van der Waals surface area contributed by atoms with E-state index in [0.29, 0.717) is 17.0 Å². The lowest BCUT2D eigenvalue weighted by molar-refractivity contribution is -0.111. The molecule has 0 aliphatic carbocycles. The summed E-state index contributed by atoms with van der Waals surface area (Å²) in [6, 6.07) is 19.3. The van der Waals surface area contributed by atoms with E-state index in [1.54, 1.807) is 42.5 Å². The van der Waals surface area contributed by atoms with Crippen molar-refractivity contribution in [3.8, 4) is 0 Å². The molecule has 0 saturated carbocycles. The van der Waals surface area contributed by atoms with E-state index in [1.807, 2.05) is 30.3 Å². The summed E-state index contributed by atoms with van der Waals surface area (Å²) in [7, 11) is 0. The Bertz CT molecular complexity index is 913. The zero-order valence-corrected chi connectivity index (χ0v) is 13.3. The fourth-order valence-corrected chi connectivity index (χ4v) is 2.41. The van der Waals surface area contributed by atoms with Gasteiger partial charge in [0.05, 0.1) is 23.1 Å². The van der Waals surface area contributed by atoms with E-state index in [2.05, 4.69) is 5.32 Å². The molecule has 0 fully saturated rings. The Morgan fingerprint density at radius 2 is 1.64 bits per heavy atom. The standard InChI is InChI=1S/C20H16N2O3/c21-19(23)16-10-4-5-11-18(16)22-20(24)17(13-15-9-6-12-25-15)14-7-2-1-3-8-14/h1-13H,(H2,21,23)(H,22,24)/b17-13+. The van der Waals surface area contributed by atoms with Gasteiger partial charge in [-0.25, -0.2) is 0 Å². The largest absolute Gasteiger partial charge is 0.465 e. The van der Waals surface area contributed by atoms with Gasteiger partial charge in [0.25, 0.3) is 11.8 Å². The summed E-state index contributed by atoms with van der Waals surface area (Å²) in [4.78, 5) is 24.4. The van der Waals surface area contributed by atoms with Crippen molar-refractivity contribution < 1.29 is 14.0 Å². The Balaban J connectivity index is 1.97. The Hall–Kier alpha value is -3.60. The number of benzene rings is 2. The average molecular weight is 332 g/mol. The molecule has 5 nitrogen and oxygen atoms in total. The summed E-state index contributed by atoms with van der Waals surface area (Å²) in [5.41, 5.74) is 7.12. The zero-order chi connectivity index (χ0) is 17.6. The van der Waals surface area contributed by atoms with E-state index >= 15 is 0 Å². The number of anilines is 1. The molecule has 0 spiro atoms. The summed E-state index contributed by atoms with van der Waals surface area (Å²) in [6.07, 6.45) is 3.19. The second-order valence-corrected chi connectivity index (χ2v) is 5.30. The van der Waals surface area contributed by atoms with E-state index in [4.69, 9.17) is 10.2 Å². The second-order valence-electron chi connectivity index (χ2n) is 5.30. The number of furan rings is 1. The molecule has 3 N–H and O–H groups in total. The molecule has 0 bridgehead atoms. The van der Waals surface area contributed by atoms with Crippen LogP contribution in [-0.4, -0.2) is 11.8 Å². The Morgan fingerprint density at radius 3 is 2.32 bits per heavy atom. The van der Waals surface area contributed by atoms with E-state index < -0.39 is 5.91 Å². The van der Waals surface area contributed by atoms with Crippen LogP contribution in [0.3, 0.4) is 0 Å². The number of amides is 2. The number of primary amides is 1. The molecule has 0 aliphatic heterocycles. The van der Waals surface area contributed by atoms with Crippen molar-refractivity contribution in [3.05, 3.63) is 89.9 Å². The van der Waals surface area contributed by atoms with Crippen molar-refractivity contribution in [3.63, 3.8) is 0 Å². The first-order valence-electron chi connectivity index (χ1n) is 7.66. The number of carbonyl (C=O) groups excluding carboxylic acids is 2. The number of nitrogens with one attached hydrogen (secondary N) is 1. The Morgan fingerprint density at radius 1 is 0.920 bits per heavy atom. The highest BCUT2D eigenvalue weighted by atomic mass is 16.3. The van der Waals surface area contributed by atoms with Crippen LogP contribution >= 0.6 is 0 Å². The number of para-hydroxylation sites is 1. The van der Waals surface area contributed by atoms with Crippen LogP contribution in [0.4, 0.5) is 5.69 Å². The fourth-order valence-electron chi connectivity index (χ4n) is 2.41. The average Bonchev–Trinajstić information content (AvgIpc) is 3.14. The van der Waals surface area contributed by atoms with Crippen molar-refractivity contribution >= 4 is 29.2 Å². The first-order valence-corrected chi connectivity index (χ1v) is 7.66. The lowest BCUT2D eigenvalue weighted by Crippen LogP contribution is -2.19. The molecule has 124 valence electrons. The SMILES string of the molecule is NC(=O)c1ccccc1NC(=O)/C(=C/c1ccco1)c1ccccc1. The highest BCUT2D eigenvalue weighted by Crippen LogP contribution is 2.22. The first kappa shape index (κ1) is 16.3. The smallest absolute Gasteiger partial charge is 0.256 e. The van der Waals surface area contributed by atoms with Crippen LogP contribution in [0.5, 0.6) is 0 Å². The number of hydrogen-bond donors (Lipinski definition) is 2. The lowest BCUT2D eigenvalue weighted by Gasteiger charge is -2.11. The summed E-state index contributed by atoms with van der Waals surface area (Å²) in [6.45, 7) is 0. The number of carbonyl (C=O) groups is 2. The van der Waals surface area contributed by atoms with E-state index in [9.17, 15) is 9.59 Å². The maximum atomic E-state index is 12.8. The third kappa shape index (κ3) is 3.84. The summed E-state index contributed by atoms with van der Waals surface area (Å²) < 4.78 is 5.32. The van der Waals surface area contributed by atoms with Crippen LogP contribution in [0.2, 0.25) is 0 Å². The molecule has 2 amide bonds. The van der Waals surface area contributed by atoms with Gasteiger partial charge in [0.2, 0.25) is 0 Å². The molecule has 0 saturated heterocycles. The third-order valence-electron chi connectivity index (χ3n) is 3.60. The van der Waals surface area contributed by atoms with Crippen LogP contribution in [0, 0.1) is 0 Å². The minimum Gasteiger partial charge on any atom is -0.465 e. The van der Waals surface area contributed by atoms with Gasteiger partial charge in [0.1, 0.15) is 5.76 Å². The first-order chi connectivity index (χ1) is 12.1. The van der Waals surface area contributed by atoms with Gasteiger partial charge in [-0.2, -0.15) is 0 Å². The molecule has 5 heteroatoms. The van der Waals surface area contributed by atoms with Crippen LogP contribution < -0.4 is 11.1 Å². The topological polar surface area (TPSA) is 85.3 Å². The van der Waals surface area contributed by atoms with Gasteiger partial charge in [0, 0.05) is 0 Å². The highest BCUT2D eigenvalue weighted by Gasteiger charge is 2.16. The van der Waals surface area contributed by atoms with Crippen molar-refractivity contribution in [1.82, 2.24) is 0 Å². The molecule has 1 aromatic heterocycles. The highest BCUT2D eigenvalue weighted by molar-refractivity contribution is 6.29. The van der Waals surface area contributed by atoms with Gasteiger partial charge in [-0.05, 0) is 35.9 Å². The lowest BCUT2D eigenvalue weighted by atomic mass is 10.0. The minimum absolute atomic E-state index is 0.251. The maximum Gasteiger partial charge on any atom is 0.256 e. The van der Waals surface area contributed by atoms with Crippen molar-refractivity contribution in [2.75, 3.05) is 5.32 Å². The van der Waals surface area contributed by atoms with Crippen molar-refractivity contribution in [2.45, 2.75) is 0 Å². The molecule has 0 aliphatic rings. The maximum absolute atomic E-state index is 12.8. The third-order valence-corrected chi connectivity index (χ3v) is 3.60. The van der Waals surface area contributed by atoms with Gasteiger partial charge in [0.15, 0.2) is 0 Å². The number of nitrogens with two attached hydrogens (primary N) is 1. The predicted molar refractivity (Wildman–Crippen MR) is 96.6 cm³/mol. The van der Waals surface area contributed by atoms with E-state index in [0.717, 1.165) is 5.56 Å². The van der Waals surface area contributed by atoms with Crippen LogP contribution in [0.1, 0.15) is 21.7 Å². The monoisotopic (exact) mass is 332 g/mol. The van der Waals surface area contributed by atoms with Crippen LogP contribution in [-0.2, 0) is 4.79 Å². The fraction of sp³-hybridized carbons (Fsp3) is 0. The van der Waals surface area contributed by atoms with Gasteiger partial charge in [-0.15, -0.1) is 0 Å². The van der Waals surface area contributed by atoms with Crippen LogP contribution in [0.15, 0.2) is 77.4 Å². The second kappa shape index (κ2) is 7.31. The number of rotatable bonds is 5. The molecule has 0 unspecified atom stereocenters. The van der Waals surface area contributed by atoms with E-state index in [-0.39, 0.29) is 11.5 Å². The molecule has 1 heterocycles. The van der Waals surface area contributed by atoms with Gasteiger partial charge < -0.3 is 15.5 Å². The molecular formula is C20H16N2O3. The molecular weight excluding hydrogens is 316 g/mol. The molecule has 0 atom stereocenters. The normalized spacial score (nSPS) is 11.1. The van der Waals surface area contributed by atoms with Gasteiger partial charge in [-0.3, -0.25) is 9.59 Å². The number of hydrogen-bond acceptors (Lipinski definition) is 3. The Kier molecular flexibility index (Phi) is 4.76. The molecule has 3 aromatic rings. The molecule has 3 rings (SSSR count). The molecule has 25 heavy (non-hydrogen) atoms. The quantitative estimate of drug-likeness (QED) is 0.701. The van der Waals surface area contributed by atoms with Gasteiger partial charge >= 0.3 is 0 Å². The van der Waals surface area contributed by atoms with Crippen LogP contribution in [0.25, 0.3) is 11.6 Å². The minimum atomic E-state index is -0.604. The van der Waals surface area contributed by atoms with E-state index in [1.165, 1.54) is 6.26 Å². The summed E-state index contributed by atoms with van der Waals surface area (Å²) in [5, 5.41) is 2.75. The van der Waals surface area contributed by atoms with Crippen molar-refractivity contribution in [2.24, 2.45) is 5.73 Å². The predicted octanol–water partition coefficient (Wildman–Crippen LogP) is 3.56. The molecule has 0 radical (unpaired) electrons. The molecule has 2 aromatic carbocycles. The summed E-state index contributed by atoms with van der Waals surface area (Å²) >= 11 is 0. The summed E-state index contributed by atoms with van der Waals surface area (Å²) in [5.74, 6) is -0.416. The van der Waals surface area contributed by atoms with Gasteiger partial charge in [-0.1, -0.05) is 42.5 Å².